The lowest BCUT2D eigenvalue weighted by Gasteiger charge is -2.33. The highest BCUT2D eigenvalue weighted by Gasteiger charge is 2.28. The fraction of sp³-hybridized carbons (Fsp3) is 0.364. The monoisotopic (exact) mass is 382 g/mol. The van der Waals surface area contributed by atoms with Crippen LogP contribution in [-0.4, -0.2) is 30.2 Å². The van der Waals surface area contributed by atoms with Crippen molar-refractivity contribution in [1.29, 1.82) is 0 Å². The summed E-state index contributed by atoms with van der Waals surface area (Å²) in [6.45, 7) is 6.80. The van der Waals surface area contributed by atoms with Gasteiger partial charge in [-0.05, 0) is 49.9 Å². The Morgan fingerprint density at radius 2 is 1.85 bits per heavy atom. The normalized spacial score (nSPS) is 16.1. The molecule has 1 atom stereocenters. The van der Waals surface area contributed by atoms with Crippen LogP contribution in [0.4, 0.5) is 5.69 Å². The number of hydrogen-bond donors (Lipinski definition) is 1. The van der Waals surface area contributed by atoms with Gasteiger partial charge in [0.15, 0.2) is 0 Å². The van der Waals surface area contributed by atoms with E-state index in [1.54, 1.807) is 0 Å². The number of fused-ring (bicyclic) bond motifs is 1. The van der Waals surface area contributed by atoms with Gasteiger partial charge in [-0.3, -0.25) is 9.59 Å². The van der Waals surface area contributed by atoms with Crippen molar-refractivity contribution in [3.8, 4) is 0 Å². The molecular weight excluding hydrogens is 356 g/mol. The van der Waals surface area contributed by atoms with Crippen LogP contribution in [0.1, 0.15) is 49.0 Å². The minimum atomic E-state index is -0.0191. The van der Waals surface area contributed by atoms with Gasteiger partial charge in [0.2, 0.25) is 5.91 Å². The van der Waals surface area contributed by atoms with Crippen molar-refractivity contribution in [2.24, 2.45) is 0 Å². The van der Waals surface area contributed by atoms with E-state index in [-0.39, 0.29) is 17.9 Å². The third kappa shape index (κ3) is 4.53. The molecule has 5 heteroatoms. The SMILES string of the molecule is CC(C)NC(=O)CSc1ccccc1C(=O)N1CCC(C)c2ccccc21. The Kier molecular flexibility index (Phi) is 6.22. The van der Waals surface area contributed by atoms with Gasteiger partial charge >= 0.3 is 0 Å². The van der Waals surface area contributed by atoms with Crippen molar-refractivity contribution in [3.63, 3.8) is 0 Å². The Balaban J connectivity index is 1.82. The van der Waals surface area contributed by atoms with Crippen LogP contribution in [0.5, 0.6) is 0 Å². The summed E-state index contributed by atoms with van der Waals surface area (Å²) >= 11 is 1.41. The van der Waals surface area contributed by atoms with Gasteiger partial charge < -0.3 is 10.2 Å². The summed E-state index contributed by atoms with van der Waals surface area (Å²) in [6, 6.07) is 15.8. The van der Waals surface area contributed by atoms with Crippen LogP contribution in [0.25, 0.3) is 0 Å². The number of thioether (sulfide) groups is 1. The summed E-state index contributed by atoms with van der Waals surface area (Å²) in [5, 5.41) is 2.89. The number of rotatable bonds is 5. The number of hydrogen-bond acceptors (Lipinski definition) is 3. The minimum absolute atomic E-state index is 0.00159. The molecule has 2 aromatic rings. The van der Waals surface area contributed by atoms with E-state index in [4.69, 9.17) is 0 Å². The van der Waals surface area contributed by atoms with Gasteiger partial charge in [-0.1, -0.05) is 37.3 Å². The third-order valence-electron chi connectivity index (χ3n) is 4.72. The zero-order valence-corrected chi connectivity index (χ0v) is 16.9. The van der Waals surface area contributed by atoms with Gasteiger partial charge in [0, 0.05) is 23.2 Å². The van der Waals surface area contributed by atoms with Gasteiger partial charge in [0.05, 0.1) is 11.3 Å². The molecule has 0 fully saturated rings. The van der Waals surface area contributed by atoms with E-state index in [1.165, 1.54) is 17.3 Å². The fourth-order valence-electron chi connectivity index (χ4n) is 3.38. The Hall–Kier alpha value is -2.27. The summed E-state index contributed by atoms with van der Waals surface area (Å²) in [4.78, 5) is 28.0. The molecule has 0 aromatic heterocycles. The van der Waals surface area contributed by atoms with E-state index in [2.05, 4.69) is 18.3 Å². The van der Waals surface area contributed by atoms with Crippen molar-refractivity contribution >= 4 is 29.3 Å². The zero-order valence-electron chi connectivity index (χ0n) is 16.1. The van der Waals surface area contributed by atoms with Crippen LogP contribution in [0.2, 0.25) is 0 Å². The predicted molar refractivity (Wildman–Crippen MR) is 112 cm³/mol. The Morgan fingerprint density at radius 3 is 2.63 bits per heavy atom. The molecule has 142 valence electrons. The molecular formula is C22H26N2O2S. The first-order valence-electron chi connectivity index (χ1n) is 9.39. The first-order chi connectivity index (χ1) is 13.0. The lowest BCUT2D eigenvalue weighted by atomic mass is 9.91. The molecule has 1 aliphatic rings. The van der Waals surface area contributed by atoms with E-state index < -0.39 is 0 Å². The molecule has 0 spiro atoms. The molecule has 1 aliphatic heterocycles. The number of anilines is 1. The van der Waals surface area contributed by atoms with Gasteiger partial charge in [-0.25, -0.2) is 0 Å². The van der Waals surface area contributed by atoms with Crippen molar-refractivity contribution < 1.29 is 9.59 Å². The van der Waals surface area contributed by atoms with Gasteiger partial charge in [0.25, 0.3) is 5.91 Å². The van der Waals surface area contributed by atoms with E-state index in [0.717, 1.165) is 17.0 Å². The maximum absolute atomic E-state index is 13.3. The number of benzene rings is 2. The summed E-state index contributed by atoms with van der Waals surface area (Å²) in [5.41, 5.74) is 2.88. The second-order valence-electron chi connectivity index (χ2n) is 7.21. The van der Waals surface area contributed by atoms with Crippen molar-refractivity contribution in [3.05, 3.63) is 59.7 Å². The van der Waals surface area contributed by atoms with E-state index in [9.17, 15) is 9.59 Å². The smallest absolute Gasteiger partial charge is 0.259 e. The Morgan fingerprint density at radius 1 is 1.15 bits per heavy atom. The number of amides is 2. The molecule has 1 unspecified atom stereocenters. The Labute approximate surface area is 165 Å². The predicted octanol–water partition coefficient (Wildman–Crippen LogP) is 4.46. The van der Waals surface area contributed by atoms with E-state index >= 15 is 0 Å². The van der Waals surface area contributed by atoms with Crippen LogP contribution >= 0.6 is 11.8 Å². The largest absolute Gasteiger partial charge is 0.353 e. The second kappa shape index (κ2) is 8.61. The molecule has 2 aromatic carbocycles. The molecule has 27 heavy (non-hydrogen) atoms. The highest BCUT2D eigenvalue weighted by molar-refractivity contribution is 8.00. The first kappa shape index (κ1) is 19.5. The minimum Gasteiger partial charge on any atom is -0.353 e. The van der Waals surface area contributed by atoms with Gasteiger partial charge in [-0.2, -0.15) is 0 Å². The standard InChI is InChI=1S/C22H26N2O2S/c1-15(2)23-21(25)14-27-20-11-7-5-9-18(20)22(26)24-13-12-16(3)17-8-4-6-10-19(17)24/h4-11,15-16H,12-14H2,1-3H3,(H,23,25). The van der Waals surface area contributed by atoms with Crippen LogP contribution < -0.4 is 10.2 Å². The first-order valence-corrected chi connectivity index (χ1v) is 10.4. The number of carbonyl (C=O) groups excluding carboxylic acids is 2. The van der Waals surface area contributed by atoms with Gasteiger partial charge in [-0.15, -0.1) is 11.8 Å². The molecule has 0 aliphatic carbocycles. The van der Waals surface area contributed by atoms with Crippen LogP contribution in [0.15, 0.2) is 53.4 Å². The second-order valence-corrected chi connectivity index (χ2v) is 8.23. The van der Waals surface area contributed by atoms with E-state index in [1.807, 2.05) is 61.2 Å². The molecule has 0 saturated heterocycles. The van der Waals surface area contributed by atoms with E-state index in [0.29, 0.717) is 23.8 Å². The van der Waals surface area contributed by atoms with Crippen LogP contribution in [0.3, 0.4) is 0 Å². The molecule has 4 nitrogen and oxygen atoms in total. The lowest BCUT2D eigenvalue weighted by Crippen LogP contribution is -2.36. The average Bonchev–Trinajstić information content (AvgIpc) is 2.66. The quantitative estimate of drug-likeness (QED) is 0.777. The zero-order chi connectivity index (χ0) is 19.4. The van der Waals surface area contributed by atoms with Crippen molar-refractivity contribution in [2.45, 2.75) is 44.0 Å². The number of para-hydroxylation sites is 1. The number of nitrogens with one attached hydrogen (secondary N) is 1. The summed E-state index contributed by atoms with van der Waals surface area (Å²) in [7, 11) is 0. The average molecular weight is 383 g/mol. The molecule has 0 saturated carbocycles. The molecule has 0 radical (unpaired) electrons. The van der Waals surface area contributed by atoms with Gasteiger partial charge in [0.1, 0.15) is 0 Å². The summed E-state index contributed by atoms with van der Waals surface area (Å²) in [5.74, 6) is 0.738. The highest BCUT2D eigenvalue weighted by atomic mass is 32.2. The fourth-order valence-corrected chi connectivity index (χ4v) is 4.24. The highest BCUT2D eigenvalue weighted by Crippen LogP contribution is 2.36. The van der Waals surface area contributed by atoms with Crippen LogP contribution in [0, 0.1) is 0 Å². The number of carbonyl (C=O) groups is 2. The third-order valence-corrected chi connectivity index (χ3v) is 5.79. The van der Waals surface area contributed by atoms with Crippen LogP contribution in [-0.2, 0) is 4.79 Å². The number of nitrogens with zero attached hydrogens (tertiary/aromatic N) is 1. The maximum Gasteiger partial charge on any atom is 0.259 e. The molecule has 0 bridgehead atoms. The van der Waals surface area contributed by atoms with Crippen molar-refractivity contribution in [1.82, 2.24) is 5.32 Å². The lowest BCUT2D eigenvalue weighted by molar-refractivity contribution is -0.119. The molecule has 1 N–H and O–H groups in total. The summed E-state index contributed by atoms with van der Waals surface area (Å²) in [6.07, 6.45) is 0.953. The topological polar surface area (TPSA) is 49.4 Å². The molecule has 3 rings (SSSR count). The molecule has 2 amide bonds. The maximum atomic E-state index is 13.3. The Bertz CT molecular complexity index is 835. The summed E-state index contributed by atoms with van der Waals surface area (Å²) < 4.78 is 0. The van der Waals surface area contributed by atoms with Crippen molar-refractivity contribution in [2.75, 3.05) is 17.2 Å². The molecule has 1 heterocycles.